The average molecular weight is 386 g/mol. The monoisotopic (exact) mass is 386 g/mol. The number of aromatic nitrogens is 2. The summed E-state index contributed by atoms with van der Waals surface area (Å²) in [6, 6.07) is 17.8. The fourth-order valence-corrected chi connectivity index (χ4v) is 4.18. The van der Waals surface area contributed by atoms with Crippen molar-refractivity contribution in [1.82, 2.24) is 14.9 Å². The second-order valence-corrected chi connectivity index (χ2v) is 7.17. The van der Waals surface area contributed by atoms with Gasteiger partial charge in [-0.2, -0.15) is 0 Å². The summed E-state index contributed by atoms with van der Waals surface area (Å²) in [6.45, 7) is 1.72. The highest BCUT2D eigenvalue weighted by Crippen LogP contribution is 2.47. The van der Waals surface area contributed by atoms with Gasteiger partial charge in [0, 0.05) is 22.3 Å². The fraction of sp³-hybridized carbons (Fsp3) is 0.130. The first kappa shape index (κ1) is 17.6. The molecule has 0 spiro atoms. The van der Waals surface area contributed by atoms with Crippen molar-refractivity contribution in [2.75, 3.05) is 0 Å². The standard InChI is InChI=1S/C23H17FN3O2/c1-14(16-6-3-5-9-19(16)24)27-22(28)17-7-2-4-8-18(17)23(27,29)15-10-11-20-21(12-15)26-13-25-20/h2-12,14,29H,1H3,(H,25,26). The number of carbonyl (C=O) groups excluding carboxylic acids is 1. The minimum Gasteiger partial charge on any atom is -0.363 e. The summed E-state index contributed by atoms with van der Waals surface area (Å²) in [5.41, 5.74) is 1.30. The van der Waals surface area contributed by atoms with Crippen molar-refractivity contribution in [3.8, 4) is 0 Å². The number of aliphatic hydroxyl groups is 1. The molecule has 1 amide bonds. The van der Waals surface area contributed by atoms with Gasteiger partial charge in [-0.15, -0.1) is 0 Å². The second kappa shape index (κ2) is 6.25. The number of nitrogens with one attached hydrogen (secondary N) is 1. The van der Waals surface area contributed by atoms with Crippen LogP contribution in [0.2, 0.25) is 0 Å². The van der Waals surface area contributed by atoms with Crippen LogP contribution in [-0.4, -0.2) is 25.9 Å². The van der Waals surface area contributed by atoms with Crippen molar-refractivity contribution in [2.24, 2.45) is 0 Å². The molecule has 0 saturated heterocycles. The van der Waals surface area contributed by atoms with Crippen LogP contribution in [0.25, 0.3) is 11.0 Å². The molecule has 2 unspecified atom stereocenters. The van der Waals surface area contributed by atoms with Crippen LogP contribution in [-0.2, 0) is 5.72 Å². The van der Waals surface area contributed by atoms with Crippen LogP contribution in [0.15, 0.2) is 66.7 Å². The lowest BCUT2D eigenvalue weighted by atomic mass is 9.92. The molecule has 5 rings (SSSR count). The van der Waals surface area contributed by atoms with Gasteiger partial charge < -0.3 is 10.1 Å². The molecule has 2 heterocycles. The smallest absolute Gasteiger partial charge is 0.257 e. The third kappa shape index (κ3) is 2.42. The van der Waals surface area contributed by atoms with Gasteiger partial charge >= 0.3 is 0 Å². The van der Waals surface area contributed by atoms with Gasteiger partial charge in [-0.25, -0.2) is 9.37 Å². The van der Waals surface area contributed by atoms with Crippen LogP contribution in [0.1, 0.15) is 40.0 Å². The fourth-order valence-electron chi connectivity index (χ4n) is 4.18. The molecule has 0 bridgehead atoms. The summed E-state index contributed by atoms with van der Waals surface area (Å²) < 4.78 is 14.5. The molecule has 3 aromatic carbocycles. The Bertz CT molecular complexity index is 1250. The molecule has 1 aliphatic heterocycles. The van der Waals surface area contributed by atoms with E-state index in [-0.39, 0.29) is 5.91 Å². The second-order valence-electron chi connectivity index (χ2n) is 7.17. The molecule has 0 saturated carbocycles. The topological polar surface area (TPSA) is 69.2 Å². The normalized spacial score (nSPS) is 19.6. The number of nitrogens with zero attached hydrogens (tertiary/aromatic N) is 2. The van der Waals surface area contributed by atoms with Crippen LogP contribution in [0.5, 0.6) is 0 Å². The average Bonchev–Trinajstić information content (AvgIpc) is 3.29. The quantitative estimate of drug-likeness (QED) is 0.561. The van der Waals surface area contributed by atoms with Crippen LogP contribution in [0.3, 0.4) is 0 Å². The molecular weight excluding hydrogens is 369 g/mol. The Labute approximate surface area is 166 Å². The number of carbonyl (C=O) groups is 1. The van der Waals surface area contributed by atoms with Gasteiger partial charge in [0.25, 0.3) is 5.91 Å². The first-order chi connectivity index (χ1) is 14.0. The molecule has 2 atom stereocenters. The third-order valence-corrected chi connectivity index (χ3v) is 5.61. The zero-order valence-corrected chi connectivity index (χ0v) is 15.6. The van der Waals surface area contributed by atoms with Gasteiger partial charge in [-0.3, -0.25) is 9.69 Å². The van der Waals surface area contributed by atoms with E-state index >= 15 is 0 Å². The number of halogens is 1. The molecule has 6 heteroatoms. The molecule has 1 radical (unpaired) electrons. The minimum absolute atomic E-state index is 0.335. The number of rotatable bonds is 3. The van der Waals surface area contributed by atoms with Crippen molar-refractivity contribution in [3.63, 3.8) is 0 Å². The third-order valence-electron chi connectivity index (χ3n) is 5.61. The predicted octanol–water partition coefficient (Wildman–Crippen LogP) is 3.91. The number of amides is 1. The molecule has 0 fully saturated rings. The number of hydrogen-bond donors (Lipinski definition) is 2. The summed E-state index contributed by atoms with van der Waals surface area (Å²) in [5.74, 6) is -0.781. The van der Waals surface area contributed by atoms with E-state index in [4.69, 9.17) is 0 Å². The maximum atomic E-state index is 14.5. The number of benzene rings is 3. The highest BCUT2D eigenvalue weighted by atomic mass is 19.1. The first-order valence-corrected chi connectivity index (χ1v) is 9.28. The molecule has 2 N–H and O–H groups in total. The summed E-state index contributed by atoms with van der Waals surface area (Å²) in [4.78, 5) is 21.7. The summed E-state index contributed by atoms with van der Waals surface area (Å²) in [7, 11) is 0. The summed E-state index contributed by atoms with van der Waals surface area (Å²) in [6.07, 6.45) is 2.68. The van der Waals surface area contributed by atoms with Crippen LogP contribution >= 0.6 is 0 Å². The SMILES string of the molecule is CC(c1ccccc1F)N1C(=O)c2ccccc2C1(O)c1ccc2[nH][c]nc2c1. The van der Waals surface area contributed by atoms with Crippen molar-refractivity contribution in [2.45, 2.75) is 18.7 Å². The highest BCUT2D eigenvalue weighted by Gasteiger charge is 2.52. The lowest BCUT2D eigenvalue weighted by Gasteiger charge is -2.39. The van der Waals surface area contributed by atoms with Gasteiger partial charge in [0.15, 0.2) is 12.1 Å². The maximum absolute atomic E-state index is 14.5. The van der Waals surface area contributed by atoms with E-state index in [0.717, 1.165) is 5.52 Å². The van der Waals surface area contributed by atoms with Crippen molar-refractivity contribution in [3.05, 3.63) is 101 Å². The van der Waals surface area contributed by atoms with Crippen LogP contribution in [0, 0.1) is 12.1 Å². The Morgan fingerprint density at radius 1 is 1.14 bits per heavy atom. The Morgan fingerprint density at radius 3 is 2.72 bits per heavy atom. The van der Waals surface area contributed by atoms with Crippen molar-refractivity contribution < 1.29 is 14.3 Å². The van der Waals surface area contributed by atoms with Crippen molar-refractivity contribution in [1.29, 1.82) is 0 Å². The lowest BCUT2D eigenvalue weighted by Crippen LogP contribution is -2.46. The Hall–Kier alpha value is -3.51. The molecule has 29 heavy (non-hydrogen) atoms. The van der Waals surface area contributed by atoms with Gasteiger partial charge in [0.2, 0.25) is 0 Å². The van der Waals surface area contributed by atoms with E-state index in [9.17, 15) is 14.3 Å². The van der Waals surface area contributed by atoms with E-state index in [2.05, 4.69) is 16.3 Å². The minimum atomic E-state index is -1.76. The highest BCUT2D eigenvalue weighted by molar-refractivity contribution is 6.00. The van der Waals surface area contributed by atoms with Crippen molar-refractivity contribution >= 4 is 16.9 Å². The van der Waals surface area contributed by atoms with Crippen LogP contribution < -0.4 is 0 Å². The number of imidazole rings is 1. The zero-order chi connectivity index (χ0) is 20.2. The zero-order valence-electron chi connectivity index (χ0n) is 15.6. The Morgan fingerprint density at radius 2 is 1.90 bits per heavy atom. The summed E-state index contributed by atoms with van der Waals surface area (Å²) >= 11 is 0. The molecule has 5 nitrogen and oxygen atoms in total. The van der Waals surface area contributed by atoms with Gasteiger partial charge in [-0.05, 0) is 31.2 Å². The molecule has 0 aliphatic carbocycles. The Kier molecular flexibility index (Phi) is 3.79. The largest absolute Gasteiger partial charge is 0.363 e. The first-order valence-electron chi connectivity index (χ1n) is 9.28. The number of fused-ring (bicyclic) bond motifs is 2. The molecular formula is C23H17FN3O2. The molecule has 143 valence electrons. The van der Waals surface area contributed by atoms with E-state index < -0.39 is 17.6 Å². The number of aromatic amines is 1. The lowest BCUT2D eigenvalue weighted by molar-refractivity contribution is -0.0681. The molecule has 4 aromatic rings. The molecule has 1 aliphatic rings. The van der Waals surface area contributed by atoms with Crippen LogP contribution in [0.4, 0.5) is 4.39 Å². The predicted molar refractivity (Wildman–Crippen MR) is 105 cm³/mol. The van der Waals surface area contributed by atoms with E-state index in [1.165, 1.54) is 11.0 Å². The van der Waals surface area contributed by atoms with Gasteiger partial charge in [0.1, 0.15) is 5.82 Å². The molecule has 1 aromatic heterocycles. The van der Waals surface area contributed by atoms with E-state index in [1.54, 1.807) is 67.6 Å². The van der Waals surface area contributed by atoms with Gasteiger partial charge in [0.05, 0.1) is 17.1 Å². The van der Waals surface area contributed by atoms with Gasteiger partial charge in [-0.1, -0.05) is 42.5 Å². The van der Waals surface area contributed by atoms with E-state index in [1.807, 2.05) is 0 Å². The summed E-state index contributed by atoms with van der Waals surface area (Å²) in [5, 5.41) is 12.0. The number of H-pyrrole nitrogens is 1. The Balaban J connectivity index is 1.74. The van der Waals surface area contributed by atoms with E-state index in [0.29, 0.717) is 27.8 Å². The number of hydrogen-bond acceptors (Lipinski definition) is 3. The maximum Gasteiger partial charge on any atom is 0.257 e.